The van der Waals surface area contributed by atoms with Crippen molar-refractivity contribution in [3.8, 4) is 0 Å². The summed E-state index contributed by atoms with van der Waals surface area (Å²) in [6.45, 7) is 7.11. The molecule has 2 aromatic rings. The van der Waals surface area contributed by atoms with Gasteiger partial charge in [0.25, 0.3) is 0 Å². The molecule has 0 radical (unpaired) electrons. The Kier molecular flexibility index (Phi) is 5.51. The molecule has 3 rings (SSSR count). The highest BCUT2D eigenvalue weighted by Gasteiger charge is 2.25. The molecule has 0 aliphatic carbocycles. The number of benzene rings is 1. The van der Waals surface area contributed by atoms with E-state index in [1.54, 1.807) is 11.3 Å². The molecule has 23 heavy (non-hydrogen) atoms. The molecule has 4 nitrogen and oxygen atoms in total. The molecule has 6 heteroatoms. The number of anilines is 1. The van der Waals surface area contributed by atoms with Crippen LogP contribution in [0.1, 0.15) is 30.8 Å². The first kappa shape index (κ1) is 16.7. The zero-order valence-corrected chi connectivity index (χ0v) is 15.1. The van der Waals surface area contributed by atoms with E-state index in [0.29, 0.717) is 12.0 Å². The molecule has 1 aliphatic rings. The fourth-order valence-electron chi connectivity index (χ4n) is 2.59. The van der Waals surface area contributed by atoms with E-state index in [1.807, 2.05) is 24.3 Å². The molecule has 0 amide bonds. The smallest absolute Gasteiger partial charge is 0.208 e. The second-order valence-corrected chi connectivity index (χ2v) is 7.84. The van der Waals surface area contributed by atoms with Crippen LogP contribution >= 0.6 is 22.9 Å². The van der Waals surface area contributed by atoms with Crippen molar-refractivity contribution in [2.45, 2.75) is 32.8 Å². The zero-order chi connectivity index (χ0) is 16.2. The lowest BCUT2D eigenvalue weighted by molar-refractivity contribution is 0.0497. The van der Waals surface area contributed by atoms with Gasteiger partial charge in [-0.15, -0.1) is 10.2 Å². The summed E-state index contributed by atoms with van der Waals surface area (Å²) in [5.41, 5.74) is 1.21. The normalized spacial score (nSPS) is 18.1. The molecule has 0 N–H and O–H groups in total. The highest BCUT2D eigenvalue weighted by molar-refractivity contribution is 7.15. The summed E-state index contributed by atoms with van der Waals surface area (Å²) in [7, 11) is 0. The Morgan fingerprint density at radius 3 is 2.83 bits per heavy atom. The van der Waals surface area contributed by atoms with Crippen LogP contribution in [0.2, 0.25) is 5.02 Å². The summed E-state index contributed by atoms with van der Waals surface area (Å²) in [4.78, 5) is 2.29. The van der Waals surface area contributed by atoms with Crippen LogP contribution in [0.3, 0.4) is 0 Å². The van der Waals surface area contributed by atoms with E-state index < -0.39 is 0 Å². The van der Waals surface area contributed by atoms with Gasteiger partial charge in [-0.1, -0.05) is 48.9 Å². The van der Waals surface area contributed by atoms with Gasteiger partial charge < -0.3 is 9.64 Å². The predicted octanol–water partition coefficient (Wildman–Crippen LogP) is 4.03. The monoisotopic (exact) mass is 351 g/mol. The number of ether oxygens (including phenoxy) is 1. The molecule has 0 bridgehead atoms. The van der Waals surface area contributed by atoms with Crippen molar-refractivity contribution in [3.63, 3.8) is 0 Å². The van der Waals surface area contributed by atoms with E-state index in [0.717, 1.165) is 47.7 Å². The molecule has 1 aromatic carbocycles. The second-order valence-electron chi connectivity index (χ2n) is 6.37. The molecule has 1 aromatic heterocycles. The zero-order valence-electron chi connectivity index (χ0n) is 13.5. The van der Waals surface area contributed by atoms with Crippen LogP contribution in [-0.4, -0.2) is 36.0 Å². The lowest BCUT2D eigenvalue weighted by Crippen LogP contribution is -2.23. The summed E-state index contributed by atoms with van der Waals surface area (Å²) in [6.07, 6.45) is 2.19. The van der Waals surface area contributed by atoms with Crippen molar-refractivity contribution in [3.05, 3.63) is 39.9 Å². The number of hydrogen-bond donors (Lipinski definition) is 0. The minimum Gasteiger partial charge on any atom is -0.376 e. The predicted molar refractivity (Wildman–Crippen MR) is 95.6 cm³/mol. The van der Waals surface area contributed by atoms with Gasteiger partial charge in [0.2, 0.25) is 5.13 Å². The first-order chi connectivity index (χ1) is 11.1. The van der Waals surface area contributed by atoms with Gasteiger partial charge in [-0.2, -0.15) is 0 Å². The number of halogens is 1. The van der Waals surface area contributed by atoms with E-state index in [4.69, 9.17) is 16.3 Å². The largest absolute Gasteiger partial charge is 0.376 e. The molecular weight excluding hydrogens is 330 g/mol. The molecule has 1 aliphatic heterocycles. The van der Waals surface area contributed by atoms with Crippen LogP contribution in [0.5, 0.6) is 0 Å². The first-order valence-electron chi connectivity index (χ1n) is 8.03. The molecule has 1 saturated heterocycles. The van der Waals surface area contributed by atoms with Gasteiger partial charge in [0.1, 0.15) is 5.01 Å². The Labute approximate surface area is 146 Å². The first-order valence-corrected chi connectivity index (χ1v) is 9.23. The summed E-state index contributed by atoms with van der Waals surface area (Å²) < 4.78 is 5.93. The van der Waals surface area contributed by atoms with E-state index in [2.05, 4.69) is 28.9 Å². The SMILES string of the molecule is CC(C)COC1CCN(c2nnc(Cc3ccc(Cl)cc3)s2)C1. The number of rotatable bonds is 6. The average molecular weight is 352 g/mol. The fraction of sp³-hybridized carbons (Fsp3) is 0.529. The van der Waals surface area contributed by atoms with E-state index in [-0.39, 0.29) is 0 Å². The minimum absolute atomic E-state index is 0.320. The van der Waals surface area contributed by atoms with Crippen molar-refractivity contribution in [1.29, 1.82) is 0 Å². The summed E-state index contributed by atoms with van der Waals surface area (Å²) in [5.74, 6) is 0.580. The maximum Gasteiger partial charge on any atom is 0.208 e. The standard InChI is InChI=1S/C17H22ClN3OS/c1-12(2)11-22-15-7-8-21(10-15)17-20-19-16(23-17)9-13-3-5-14(18)6-4-13/h3-6,12,15H,7-11H2,1-2H3. The van der Waals surface area contributed by atoms with E-state index >= 15 is 0 Å². The molecule has 0 spiro atoms. The molecule has 124 valence electrons. The quantitative estimate of drug-likeness (QED) is 0.787. The second kappa shape index (κ2) is 7.60. The number of nitrogens with zero attached hydrogens (tertiary/aromatic N) is 3. The van der Waals surface area contributed by atoms with Crippen LogP contribution in [0.4, 0.5) is 5.13 Å². The Hall–Kier alpha value is -1.17. The van der Waals surface area contributed by atoms with Gasteiger partial charge in [-0.25, -0.2) is 0 Å². The van der Waals surface area contributed by atoms with Gasteiger partial charge in [-0.05, 0) is 30.0 Å². The van der Waals surface area contributed by atoms with Gasteiger partial charge in [0.15, 0.2) is 0 Å². The van der Waals surface area contributed by atoms with Gasteiger partial charge >= 0.3 is 0 Å². The minimum atomic E-state index is 0.320. The molecule has 0 saturated carbocycles. The van der Waals surface area contributed by atoms with E-state index in [1.165, 1.54) is 5.56 Å². The van der Waals surface area contributed by atoms with Crippen LogP contribution in [0, 0.1) is 5.92 Å². The maximum absolute atomic E-state index is 5.93. The highest BCUT2D eigenvalue weighted by atomic mass is 35.5. The maximum atomic E-state index is 5.93. The third-order valence-corrected chi connectivity index (χ3v) is 5.04. The van der Waals surface area contributed by atoms with Gasteiger partial charge in [0.05, 0.1) is 6.10 Å². The summed E-state index contributed by atoms with van der Waals surface area (Å²) in [5, 5.41) is 11.5. The fourth-order valence-corrected chi connectivity index (χ4v) is 3.62. The lowest BCUT2D eigenvalue weighted by Gasteiger charge is -2.15. The van der Waals surface area contributed by atoms with Crippen LogP contribution in [0.15, 0.2) is 24.3 Å². The summed E-state index contributed by atoms with van der Waals surface area (Å²) in [6, 6.07) is 7.90. The van der Waals surface area contributed by atoms with Gasteiger partial charge in [0, 0.05) is 31.1 Å². The Morgan fingerprint density at radius 1 is 1.30 bits per heavy atom. The van der Waals surface area contributed by atoms with E-state index in [9.17, 15) is 0 Å². The van der Waals surface area contributed by atoms with Crippen molar-refractivity contribution in [2.75, 3.05) is 24.6 Å². The Bertz CT molecular complexity index is 629. The highest BCUT2D eigenvalue weighted by Crippen LogP contribution is 2.27. The average Bonchev–Trinajstić information content (AvgIpc) is 3.16. The Morgan fingerprint density at radius 2 is 2.09 bits per heavy atom. The third-order valence-electron chi connectivity index (χ3n) is 3.81. The van der Waals surface area contributed by atoms with Crippen LogP contribution < -0.4 is 4.90 Å². The molecular formula is C17H22ClN3OS. The van der Waals surface area contributed by atoms with Crippen molar-refractivity contribution in [2.24, 2.45) is 5.92 Å². The lowest BCUT2D eigenvalue weighted by atomic mass is 10.2. The molecule has 2 heterocycles. The van der Waals surface area contributed by atoms with Crippen molar-refractivity contribution < 1.29 is 4.74 Å². The van der Waals surface area contributed by atoms with Crippen molar-refractivity contribution >= 4 is 28.1 Å². The van der Waals surface area contributed by atoms with Crippen LogP contribution in [-0.2, 0) is 11.2 Å². The van der Waals surface area contributed by atoms with Gasteiger partial charge in [-0.3, -0.25) is 0 Å². The number of aromatic nitrogens is 2. The van der Waals surface area contributed by atoms with Crippen LogP contribution in [0.25, 0.3) is 0 Å². The summed E-state index contributed by atoms with van der Waals surface area (Å²) >= 11 is 7.59. The Balaban J connectivity index is 1.56. The third kappa shape index (κ3) is 4.66. The topological polar surface area (TPSA) is 38.2 Å². The van der Waals surface area contributed by atoms with Crippen molar-refractivity contribution in [1.82, 2.24) is 10.2 Å². The molecule has 1 atom stereocenters. The molecule has 1 fully saturated rings. The number of hydrogen-bond acceptors (Lipinski definition) is 5. The molecule has 1 unspecified atom stereocenters.